The summed E-state index contributed by atoms with van der Waals surface area (Å²) in [5.74, 6) is 4.93. The van der Waals surface area contributed by atoms with Crippen LogP contribution in [-0.2, 0) is 4.79 Å². The smallest absolute Gasteiger partial charge is 0.297 e. The number of amides is 1. The predicted octanol–water partition coefficient (Wildman–Crippen LogP) is 2.89. The monoisotopic (exact) mass is 366 g/mol. The molecule has 112 valence electrons. The largest absolute Gasteiger partial charge is 0.314 e. The van der Waals surface area contributed by atoms with Gasteiger partial charge in [0.1, 0.15) is 6.33 Å². The van der Waals surface area contributed by atoms with E-state index in [4.69, 9.17) is 0 Å². The minimum absolute atomic E-state index is 0.426. The third kappa shape index (κ3) is 3.84. The van der Waals surface area contributed by atoms with E-state index in [1.807, 2.05) is 42.5 Å². The highest BCUT2D eigenvalue weighted by Crippen LogP contribution is 2.19. The lowest BCUT2D eigenvalue weighted by Crippen LogP contribution is -2.28. The maximum atomic E-state index is 11.8. The van der Waals surface area contributed by atoms with Gasteiger partial charge in [0.15, 0.2) is 0 Å². The Morgan fingerprint density at radius 3 is 2.91 bits per heavy atom. The van der Waals surface area contributed by atoms with E-state index in [0.29, 0.717) is 0 Å². The summed E-state index contributed by atoms with van der Waals surface area (Å²) in [7, 11) is 0. The molecule has 0 fully saturated rings. The van der Waals surface area contributed by atoms with Crippen molar-refractivity contribution in [2.45, 2.75) is 0 Å². The van der Waals surface area contributed by atoms with Gasteiger partial charge in [-0.15, -0.1) is 0 Å². The molecule has 5 nitrogen and oxygen atoms in total. The van der Waals surface area contributed by atoms with Crippen LogP contribution in [0.5, 0.6) is 0 Å². The number of carbonyl (C=O) groups excluding carboxylic acids is 1. The third-order valence-corrected chi connectivity index (χ3v) is 3.70. The van der Waals surface area contributed by atoms with Crippen molar-refractivity contribution in [2.24, 2.45) is 0 Å². The highest BCUT2D eigenvalue weighted by atomic mass is 79.9. The Morgan fingerprint density at radius 1 is 1.17 bits per heavy atom. The van der Waals surface area contributed by atoms with Gasteiger partial charge in [0.05, 0.1) is 11.2 Å². The summed E-state index contributed by atoms with van der Waals surface area (Å²) in [5, 5.41) is 0.881. The molecule has 0 radical (unpaired) electrons. The van der Waals surface area contributed by atoms with Gasteiger partial charge in [-0.2, -0.15) is 0 Å². The second-order valence-electron chi connectivity index (χ2n) is 4.61. The number of nitrogens with one attached hydrogen (secondary N) is 2. The highest BCUT2D eigenvalue weighted by molar-refractivity contribution is 9.10. The average molecular weight is 367 g/mol. The van der Waals surface area contributed by atoms with Crippen LogP contribution in [0.3, 0.4) is 0 Å². The van der Waals surface area contributed by atoms with Crippen molar-refractivity contribution in [3.63, 3.8) is 0 Å². The number of halogens is 1. The summed E-state index contributed by atoms with van der Waals surface area (Å²) in [6, 6.07) is 13.0. The molecule has 1 heterocycles. The van der Waals surface area contributed by atoms with Crippen molar-refractivity contribution in [3.05, 3.63) is 65.0 Å². The van der Waals surface area contributed by atoms with E-state index in [1.165, 1.54) is 6.33 Å². The Bertz CT molecular complexity index is 930. The second kappa shape index (κ2) is 6.90. The zero-order valence-electron chi connectivity index (χ0n) is 11.9. The van der Waals surface area contributed by atoms with Gasteiger partial charge in [-0.1, -0.05) is 18.1 Å². The lowest BCUT2D eigenvalue weighted by atomic mass is 10.1. The van der Waals surface area contributed by atoms with E-state index in [9.17, 15) is 4.79 Å². The number of benzene rings is 2. The minimum atomic E-state index is -0.426. The van der Waals surface area contributed by atoms with Crippen molar-refractivity contribution in [1.29, 1.82) is 0 Å². The molecule has 6 heteroatoms. The van der Waals surface area contributed by atoms with Crippen LogP contribution < -0.4 is 10.9 Å². The number of fused-ring (bicyclic) bond motifs is 1. The van der Waals surface area contributed by atoms with Crippen LogP contribution in [0.4, 0.5) is 5.69 Å². The quantitative estimate of drug-likeness (QED) is 0.540. The second-order valence-corrected chi connectivity index (χ2v) is 5.46. The Kier molecular flexibility index (Phi) is 4.50. The standard InChI is InChI=1S/C17H11BrN4O/c18-14-3-1-2-4-16(14)21-22-17(23)8-6-12-5-7-15-13(9-12)10-19-11-20-15/h1-5,7,9-11,21H,(H,22,23). The lowest BCUT2D eigenvalue weighted by Gasteiger charge is -2.06. The molecule has 3 aromatic rings. The fourth-order valence-electron chi connectivity index (χ4n) is 1.91. The van der Waals surface area contributed by atoms with Gasteiger partial charge in [-0.25, -0.2) is 9.97 Å². The SMILES string of the molecule is O=C(C#Cc1ccc2ncncc2c1)NNc1ccccc1Br. The van der Waals surface area contributed by atoms with Crippen molar-refractivity contribution in [2.75, 3.05) is 5.43 Å². The van der Waals surface area contributed by atoms with Crippen LogP contribution in [0.1, 0.15) is 5.56 Å². The van der Waals surface area contributed by atoms with Gasteiger partial charge >= 0.3 is 5.91 Å². The van der Waals surface area contributed by atoms with Crippen LogP contribution in [0.25, 0.3) is 10.9 Å². The van der Waals surface area contributed by atoms with Crippen molar-refractivity contribution >= 4 is 38.4 Å². The van der Waals surface area contributed by atoms with Crippen LogP contribution in [-0.4, -0.2) is 15.9 Å². The number of carbonyl (C=O) groups is 1. The molecule has 3 rings (SSSR count). The first-order valence-corrected chi connectivity index (χ1v) is 7.54. The summed E-state index contributed by atoms with van der Waals surface area (Å²) in [6.45, 7) is 0. The van der Waals surface area contributed by atoms with Gasteiger partial charge in [-0.05, 0) is 46.3 Å². The van der Waals surface area contributed by atoms with Gasteiger partial charge < -0.3 is 0 Å². The van der Waals surface area contributed by atoms with Crippen LogP contribution in [0, 0.1) is 11.8 Å². The number of rotatable bonds is 2. The number of aromatic nitrogens is 2. The first-order chi connectivity index (χ1) is 11.2. The molecule has 0 bridgehead atoms. The summed E-state index contributed by atoms with van der Waals surface area (Å²) < 4.78 is 0.850. The van der Waals surface area contributed by atoms with Crippen molar-refractivity contribution in [3.8, 4) is 11.8 Å². The molecule has 0 unspecified atom stereocenters. The topological polar surface area (TPSA) is 66.9 Å². The molecule has 0 saturated heterocycles. The van der Waals surface area contributed by atoms with Crippen LogP contribution in [0.2, 0.25) is 0 Å². The van der Waals surface area contributed by atoms with Crippen molar-refractivity contribution < 1.29 is 4.79 Å². The Hall–Kier alpha value is -2.91. The van der Waals surface area contributed by atoms with Crippen molar-refractivity contribution in [1.82, 2.24) is 15.4 Å². The number of anilines is 1. The molecule has 2 aromatic carbocycles. The normalized spacial score (nSPS) is 9.78. The Labute approximate surface area is 141 Å². The van der Waals surface area contributed by atoms with E-state index in [1.54, 1.807) is 6.20 Å². The summed E-state index contributed by atoms with van der Waals surface area (Å²) in [6.07, 6.45) is 3.20. The Balaban J connectivity index is 1.68. The molecule has 0 atom stereocenters. The summed E-state index contributed by atoms with van der Waals surface area (Å²) in [5.41, 5.74) is 7.66. The van der Waals surface area contributed by atoms with E-state index in [2.05, 4.69) is 48.6 Å². The minimum Gasteiger partial charge on any atom is -0.297 e. The maximum absolute atomic E-state index is 11.8. The first kappa shape index (κ1) is 15.0. The molecule has 0 spiro atoms. The van der Waals surface area contributed by atoms with E-state index in [-0.39, 0.29) is 0 Å². The van der Waals surface area contributed by atoms with Crippen LogP contribution in [0.15, 0.2) is 59.5 Å². The molecule has 0 saturated carbocycles. The maximum Gasteiger partial charge on any atom is 0.314 e. The fourth-order valence-corrected chi connectivity index (χ4v) is 2.29. The number of hydrogen-bond acceptors (Lipinski definition) is 4. The van der Waals surface area contributed by atoms with Gasteiger partial charge in [0.2, 0.25) is 0 Å². The summed E-state index contributed by atoms with van der Waals surface area (Å²) >= 11 is 3.38. The van der Waals surface area contributed by atoms with Gasteiger partial charge in [0, 0.05) is 27.5 Å². The number of nitrogens with zero attached hydrogens (tertiary/aromatic N) is 2. The number of hydrazine groups is 1. The van der Waals surface area contributed by atoms with Gasteiger partial charge in [-0.3, -0.25) is 15.6 Å². The number of para-hydroxylation sites is 1. The zero-order chi connectivity index (χ0) is 16.1. The molecule has 0 aliphatic rings. The first-order valence-electron chi connectivity index (χ1n) is 6.75. The molecular weight excluding hydrogens is 356 g/mol. The molecular formula is C17H11BrN4O. The predicted molar refractivity (Wildman–Crippen MR) is 92.3 cm³/mol. The fraction of sp³-hybridized carbons (Fsp3) is 0. The third-order valence-electron chi connectivity index (χ3n) is 3.01. The molecule has 1 amide bonds. The number of hydrogen-bond donors (Lipinski definition) is 2. The van der Waals surface area contributed by atoms with E-state index < -0.39 is 5.91 Å². The van der Waals surface area contributed by atoms with Gasteiger partial charge in [0.25, 0.3) is 0 Å². The molecule has 2 N–H and O–H groups in total. The van der Waals surface area contributed by atoms with Crippen LogP contribution >= 0.6 is 15.9 Å². The molecule has 23 heavy (non-hydrogen) atoms. The molecule has 0 aliphatic carbocycles. The zero-order valence-corrected chi connectivity index (χ0v) is 13.5. The highest BCUT2D eigenvalue weighted by Gasteiger charge is 1.99. The molecule has 0 aliphatic heterocycles. The molecule has 1 aromatic heterocycles. The Morgan fingerprint density at radius 2 is 2.04 bits per heavy atom. The van der Waals surface area contributed by atoms with E-state index in [0.717, 1.165) is 26.6 Å². The summed E-state index contributed by atoms with van der Waals surface area (Å²) in [4.78, 5) is 19.9. The average Bonchev–Trinajstić information content (AvgIpc) is 2.59. The lowest BCUT2D eigenvalue weighted by molar-refractivity contribution is -0.115. The van der Waals surface area contributed by atoms with E-state index >= 15 is 0 Å².